The highest BCUT2D eigenvalue weighted by Crippen LogP contribution is 2.31. The standard InChI is InChI=1S/C19H38N4O7/c1-8-4-5-9(20)17(28-8)29-14-10(21)6-11(22)15(12(14)24)30-18-13(25)16(23-3)19(2,26)7-27-18/h8-18,23-26H,4-7,20-22H2,1-3H3/t8-,9-,10+,11-,12+,13-,14-,15+,16-,17-,18-,19+/m1/s1. The van der Waals surface area contributed by atoms with Gasteiger partial charge >= 0.3 is 0 Å². The molecule has 30 heavy (non-hydrogen) atoms. The van der Waals surface area contributed by atoms with E-state index in [1.807, 2.05) is 6.92 Å². The lowest BCUT2D eigenvalue weighted by molar-refractivity contribution is -0.306. The van der Waals surface area contributed by atoms with Crippen LogP contribution in [0.2, 0.25) is 0 Å². The number of aliphatic hydroxyl groups excluding tert-OH is 2. The van der Waals surface area contributed by atoms with Crippen molar-refractivity contribution in [2.45, 2.75) is 106 Å². The number of hydrogen-bond donors (Lipinski definition) is 7. The van der Waals surface area contributed by atoms with Crippen molar-refractivity contribution < 1.29 is 34.3 Å². The Morgan fingerprint density at radius 1 is 0.967 bits per heavy atom. The molecule has 0 amide bonds. The zero-order valence-corrected chi connectivity index (χ0v) is 17.9. The summed E-state index contributed by atoms with van der Waals surface area (Å²) in [5.74, 6) is 0. The number of nitrogens with one attached hydrogen (secondary N) is 1. The van der Waals surface area contributed by atoms with Crippen molar-refractivity contribution in [3.05, 3.63) is 0 Å². The molecule has 0 spiro atoms. The highest BCUT2D eigenvalue weighted by molar-refractivity contribution is 5.01. The molecule has 3 rings (SSSR count). The first kappa shape index (κ1) is 24.2. The van der Waals surface area contributed by atoms with Gasteiger partial charge in [0.25, 0.3) is 0 Å². The van der Waals surface area contributed by atoms with Crippen molar-refractivity contribution >= 4 is 0 Å². The van der Waals surface area contributed by atoms with E-state index in [0.29, 0.717) is 6.42 Å². The number of likely N-dealkylation sites (N-methyl/N-ethyl adjacent to an activating group) is 1. The summed E-state index contributed by atoms with van der Waals surface area (Å²) in [5.41, 5.74) is 17.3. The number of ether oxygens (including phenoxy) is 4. The van der Waals surface area contributed by atoms with Crippen LogP contribution in [0.3, 0.4) is 0 Å². The number of hydrogen-bond acceptors (Lipinski definition) is 11. The molecule has 10 N–H and O–H groups in total. The van der Waals surface area contributed by atoms with Crippen LogP contribution in [0.15, 0.2) is 0 Å². The minimum atomic E-state index is -1.28. The zero-order chi connectivity index (χ0) is 22.2. The van der Waals surface area contributed by atoms with Crippen molar-refractivity contribution in [2.24, 2.45) is 17.2 Å². The Morgan fingerprint density at radius 3 is 2.17 bits per heavy atom. The first-order valence-corrected chi connectivity index (χ1v) is 10.7. The van der Waals surface area contributed by atoms with Gasteiger partial charge in [0.2, 0.25) is 0 Å². The Balaban J connectivity index is 1.69. The summed E-state index contributed by atoms with van der Waals surface area (Å²) in [4.78, 5) is 0. The molecule has 0 bridgehead atoms. The smallest absolute Gasteiger partial charge is 0.185 e. The van der Waals surface area contributed by atoms with Crippen LogP contribution in [-0.2, 0) is 18.9 Å². The quantitative estimate of drug-likeness (QED) is 0.235. The van der Waals surface area contributed by atoms with Gasteiger partial charge in [-0.15, -0.1) is 0 Å². The average Bonchev–Trinajstić information content (AvgIpc) is 2.66. The molecule has 0 unspecified atom stereocenters. The molecule has 11 nitrogen and oxygen atoms in total. The fourth-order valence-electron chi connectivity index (χ4n) is 4.61. The van der Waals surface area contributed by atoms with Crippen LogP contribution < -0.4 is 22.5 Å². The fourth-order valence-corrected chi connectivity index (χ4v) is 4.61. The Bertz CT molecular complexity index is 571. The molecule has 0 aromatic carbocycles. The molecule has 0 aromatic heterocycles. The van der Waals surface area contributed by atoms with Crippen LogP contribution in [-0.4, -0.2) is 102 Å². The second-order valence-electron chi connectivity index (χ2n) is 9.11. The maximum Gasteiger partial charge on any atom is 0.185 e. The predicted octanol–water partition coefficient (Wildman–Crippen LogP) is -2.92. The van der Waals surface area contributed by atoms with E-state index in [2.05, 4.69) is 5.32 Å². The van der Waals surface area contributed by atoms with Crippen LogP contribution in [0.1, 0.15) is 33.1 Å². The topological polar surface area (TPSA) is 188 Å². The summed E-state index contributed by atoms with van der Waals surface area (Å²) in [5, 5.41) is 34.9. The molecule has 3 fully saturated rings. The van der Waals surface area contributed by atoms with E-state index in [9.17, 15) is 15.3 Å². The molecular weight excluding hydrogens is 396 g/mol. The van der Waals surface area contributed by atoms with Crippen LogP contribution in [0.5, 0.6) is 0 Å². The first-order chi connectivity index (χ1) is 14.0. The Hall–Kier alpha value is -0.440. The van der Waals surface area contributed by atoms with Crippen LogP contribution in [0, 0.1) is 0 Å². The third-order valence-electron chi connectivity index (χ3n) is 6.41. The van der Waals surface area contributed by atoms with Gasteiger partial charge in [-0.05, 0) is 40.2 Å². The van der Waals surface area contributed by atoms with Crippen molar-refractivity contribution in [1.29, 1.82) is 0 Å². The maximum absolute atomic E-state index is 11.0. The Labute approximate surface area is 177 Å². The number of aliphatic hydroxyl groups is 3. The summed E-state index contributed by atoms with van der Waals surface area (Å²) < 4.78 is 23.2. The molecule has 12 atom stereocenters. The number of nitrogens with two attached hydrogens (primary N) is 3. The predicted molar refractivity (Wildman–Crippen MR) is 107 cm³/mol. The molecule has 11 heteroatoms. The molecule has 3 aliphatic rings. The highest BCUT2D eigenvalue weighted by Gasteiger charge is 2.50. The Morgan fingerprint density at radius 2 is 1.57 bits per heavy atom. The molecule has 0 aromatic rings. The van der Waals surface area contributed by atoms with E-state index in [1.54, 1.807) is 14.0 Å². The monoisotopic (exact) mass is 434 g/mol. The van der Waals surface area contributed by atoms with Gasteiger partial charge in [-0.1, -0.05) is 0 Å². The van der Waals surface area contributed by atoms with Crippen molar-refractivity contribution in [2.75, 3.05) is 13.7 Å². The molecule has 1 saturated carbocycles. The lowest BCUT2D eigenvalue weighted by Crippen LogP contribution is -2.68. The van der Waals surface area contributed by atoms with Crippen molar-refractivity contribution in [3.8, 4) is 0 Å². The normalized spacial score (nSPS) is 52.9. The molecule has 2 aliphatic heterocycles. The fraction of sp³-hybridized carbons (Fsp3) is 1.00. The van der Waals surface area contributed by atoms with E-state index in [0.717, 1.165) is 12.8 Å². The summed E-state index contributed by atoms with van der Waals surface area (Å²) in [6.45, 7) is 3.45. The van der Waals surface area contributed by atoms with E-state index < -0.39 is 60.7 Å². The van der Waals surface area contributed by atoms with Crippen molar-refractivity contribution in [3.63, 3.8) is 0 Å². The van der Waals surface area contributed by atoms with Gasteiger partial charge in [-0.3, -0.25) is 0 Å². The average molecular weight is 435 g/mol. The van der Waals surface area contributed by atoms with Gasteiger partial charge in [-0.2, -0.15) is 0 Å². The first-order valence-electron chi connectivity index (χ1n) is 10.7. The van der Waals surface area contributed by atoms with E-state index in [4.69, 9.17) is 36.1 Å². The minimum absolute atomic E-state index is 0.00174. The zero-order valence-electron chi connectivity index (χ0n) is 17.9. The largest absolute Gasteiger partial charge is 0.388 e. The van der Waals surface area contributed by atoms with Gasteiger partial charge in [0.05, 0.1) is 24.8 Å². The van der Waals surface area contributed by atoms with Crippen LogP contribution in [0.25, 0.3) is 0 Å². The summed E-state index contributed by atoms with van der Waals surface area (Å²) >= 11 is 0. The van der Waals surface area contributed by atoms with E-state index >= 15 is 0 Å². The second kappa shape index (κ2) is 9.59. The summed E-state index contributed by atoms with van der Waals surface area (Å²) in [7, 11) is 1.63. The maximum atomic E-state index is 11.0. The summed E-state index contributed by atoms with van der Waals surface area (Å²) in [6, 6.07) is -2.14. The SMILES string of the molecule is CN[C@@H]1[C@@H](O)[C@@H](O[C@@H]2[C@@H](O)[C@H](O[C@H]3O[C@H](C)CC[C@H]3N)[C@@H](N)C[C@H]2N)OC[C@]1(C)O. The molecule has 0 radical (unpaired) electrons. The molecule has 1 aliphatic carbocycles. The van der Waals surface area contributed by atoms with Gasteiger partial charge < -0.3 is 56.8 Å². The third-order valence-corrected chi connectivity index (χ3v) is 6.41. The van der Waals surface area contributed by atoms with Gasteiger partial charge in [-0.25, -0.2) is 0 Å². The van der Waals surface area contributed by atoms with E-state index in [1.165, 1.54) is 0 Å². The molecular formula is C19H38N4O7. The minimum Gasteiger partial charge on any atom is -0.388 e. The van der Waals surface area contributed by atoms with Crippen LogP contribution in [0.4, 0.5) is 0 Å². The van der Waals surface area contributed by atoms with E-state index in [-0.39, 0.29) is 18.8 Å². The molecule has 2 saturated heterocycles. The van der Waals surface area contributed by atoms with Gasteiger partial charge in [0, 0.05) is 12.1 Å². The number of rotatable bonds is 5. The van der Waals surface area contributed by atoms with Crippen molar-refractivity contribution in [1.82, 2.24) is 5.32 Å². The molecule has 2 heterocycles. The highest BCUT2D eigenvalue weighted by atomic mass is 16.7. The van der Waals surface area contributed by atoms with Gasteiger partial charge in [0.15, 0.2) is 12.6 Å². The lowest BCUT2D eigenvalue weighted by atomic mass is 9.84. The van der Waals surface area contributed by atoms with Gasteiger partial charge in [0.1, 0.15) is 30.0 Å². The third kappa shape index (κ3) is 4.97. The Kier molecular flexibility index (Phi) is 7.74. The van der Waals surface area contributed by atoms with Crippen LogP contribution >= 0.6 is 0 Å². The molecule has 176 valence electrons. The second-order valence-corrected chi connectivity index (χ2v) is 9.11. The summed E-state index contributed by atoms with van der Waals surface area (Å²) in [6.07, 6.45) is -3.91. The lowest BCUT2D eigenvalue weighted by Gasteiger charge is -2.48.